The van der Waals surface area contributed by atoms with Crippen LogP contribution in [0.25, 0.3) is 0 Å². The Balaban J connectivity index is 1.93. The normalized spacial score (nSPS) is 10.3. The lowest BCUT2D eigenvalue weighted by Gasteiger charge is -2.01. The van der Waals surface area contributed by atoms with E-state index in [1.807, 2.05) is 0 Å². The summed E-state index contributed by atoms with van der Waals surface area (Å²) in [5, 5.41) is 15.4. The van der Waals surface area contributed by atoms with Crippen LogP contribution >= 0.6 is 23.1 Å². The number of nitrogens with two attached hydrogens (primary N) is 1. The summed E-state index contributed by atoms with van der Waals surface area (Å²) in [6.45, 7) is 0. The summed E-state index contributed by atoms with van der Waals surface area (Å²) in [7, 11) is 0. The number of nitrogens with zero attached hydrogens (tertiary/aromatic N) is 2. The third-order valence-electron chi connectivity index (χ3n) is 2.61. The summed E-state index contributed by atoms with van der Waals surface area (Å²) in [5.41, 5.74) is 6.00. The van der Waals surface area contributed by atoms with Gasteiger partial charge in [0.25, 0.3) is 11.6 Å². The van der Waals surface area contributed by atoms with Crippen LogP contribution in [0.15, 0.2) is 29.6 Å². The highest BCUT2D eigenvalue weighted by Crippen LogP contribution is 2.20. The molecule has 23 heavy (non-hydrogen) atoms. The zero-order valence-electron chi connectivity index (χ0n) is 11.7. The molecule has 1 aromatic heterocycles. The first-order valence-corrected chi connectivity index (χ1v) is 8.35. The lowest BCUT2D eigenvalue weighted by molar-refractivity contribution is -0.384. The summed E-state index contributed by atoms with van der Waals surface area (Å²) in [6.07, 6.45) is 0. The van der Waals surface area contributed by atoms with Crippen LogP contribution in [0.2, 0.25) is 0 Å². The van der Waals surface area contributed by atoms with Gasteiger partial charge in [0.05, 0.1) is 16.4 Å². The fraction of sp³-hybridized carbons (Fsp3) is 0.154. The summed E-state index contributed by atoms with van der Waals surface area (Å²) in [4.78, 5) is 36.9. The first-order chi connectivity index (χ1) is 11.0. The van der Waals surface area contributed by atoms with Crippen molar-refractivity contribution in [2.24, 2.45) is 5.73 Å². The fourth-order valence-corrected chi connectivity index (χ4v) is 3.06. The molecule has 0 radical (unpaired) electrons. The van der Waals surface area contributed by atoms with Gasteiger partial charge in [0.2, 0.25) is 5.91 Å². The number of hydrogen-bond donors (Lipinski definition) is 2. The molecule has 2 amide bonds. The van der Waals surface area contributed by atoms with Crippen molar-refractivity contribution in [2.45, 2.75) is 5.75 Å². The van der Waals surface area contributed by atoms with E-state index in [4.69, 9.17) is 5.73 Å². The molecule has 0 saturated heterocycles. The lowest BCUT2D eigenvalue weighted by atomic mass is 10.2. The molecule has 0 bridgehead atoms. The molecular weight excluding hydrogens is 340 g/mol. The van der Waals surface area contributed by atoms with Crippen molar-refractivity contribution in [3.05, 3.63) is 51.0 Å². The van der Waals surface area contributed by atoms with E-state index >= 15 is 0 Å². The third-order valence-corrected chi connectivity index (χ3v) is 4.40. The Morgan fingerprint density at radius 3 is 2.65 bits per heavy atom. The minimum Gasteiger partial charge on any atom is -0.369 e. The van der Waals surface area contributed by atoms with Crippen LogP contribution in [-0.2, 0) is 10.5 Å². The van der Waals surface area contributed by atoms with Crippen molar-refractivity contribution < 1.29 is 14.5 Å². The number of benzene rings is 1. The van der Waals surface area contributed by atoms with Crippen molar-refractivity contribution in [3.63, 3.8) is 0 Å². The zero-order chi connectivity index (χ0) is 16.8. The number of aromatic nitrogens is 1. The van der Waals surface area contributed by atoms with Gasteiger partial charge >= 0.3 is 0 Å². The van der Waals surface area contributed by atoms with Gasteiger partial charge in [-0.25, -0.2) is 4.98 Å². The smallest absolute Gasteiger partial charge is 0.269 e. The number of non-ortho nitro benzene ring substituents is 1. The molecule has 0 unspecified atom stereocenters. The van der Waals surface area contributed by atoms with Gasteiger partial charge < -0.3 is 5.73 Å². The van der Waals surface area contributed by atoms with Crippen molar-refractivity contribution in [3.8, 4) is 0 Å². The number of anilines is 1. The minimum absolute atomic E-state index is 0.0791. The van der Waals surface area contributed by atoms with E-state index in [0.717, 1.165) is 5.69 Å². The molecular formula is C13H12N4O4S2. The number of nitro groups is 1. The number of amides is 2. The van der Waals surface area contributed by atoms with E-state index in [9.17, 15) is 19.7 Å². The Bertz CT molecular complexity index is 730. The average Bonchev–Trinajstić information content (AvgIpc) is 2.94. The Labute approximate surface area is 139 Å². The van der Waals surface area contributed by atoms with Gasteiger partial charge in [-0.15, -0.1) is 23.1 Å². The van der Waals surface area contributed by atoms with Crippen molar-refractivity contribution in [1.29, 1.82) is 0 Å². The minimum atomic E-state index is -0.529. The van der Waals surface area contributed by atoms with E-state index in [2.05, 4.69) is 10.3 Å². The largest absolute Gasteiger partial charge is 0.369 e. The topological polar surface area (TPSA) is 128 Å². The highest BCUT2D eigenvalue weighted by atomic mass is 32.2. The number of thiazole rings is 1. The van der Waals surface area contributed by atoms with Crippen LogP contribution in [0.5, 0.6) is 0 Å². The van der Waals surface area contributed by atoms with E-state index in [1.165, 1.54) is 47.4 Å². The average molecular weight is 352 g/mol. The van der Waals surface area contributed by atoms with Crippen LogP contribution in [-0.4, -0.2) is 27.5 Å². The number of carbonyl (C=O) groups excluding carboxylic acids is 2. The van der Waals surface area contributed by atoms with E-state index in [0.29, 0.717) is 16.4 Å². The molecule has 0 fully saturated rings. The Kier molecular flexibility index (Phi) is 5.66. The first kappa shape index (κ1) is 16.9. The number of hydrogen-bond acceptors (Lipinski definition) is 7. The molecule has 120 valence electrons. The number of primary amides is 1. The predicted molar refractivity (Wildman–Crippen MR) is 88.5 cm³/mol. The maximum absolute atomic E-state index is 12.0. The van der Waals surface area contributed by atoms with Gasteiger partial charge in [0.1, 0.15) is 0 Å². The molecule has 0 aliphatic rings. The quantitative estimate of drug-likeness (QED) is 0.579. The van der Waals surface area contributed by atoms with Crippen molar-refractivity contribution >= 4 is 45.7 Å². The molecule has 3 N–H and O–H groups in total. The van der Waals surface area contributed by atoms with E-state index in [1.54, 1.807) is 5.38 Å². The Morgan fingerprint density at radius 1 is 1.35 bits per heavy atom. The second kappa shape index (κ2) is 7.70. The van der Waals surface area contributed by atoms with Gasteiger partial charge in [-0.05, 0) is 12.1 Å². The van der Waals surface area contributed by atoms with Crippen LogP contribution < -0.4 is 11.1 Å². The van der Waals surface area contributed by atoms with Crippen molar-refractivity contribution in [1.82, 2.24) is 4.98 Å². The number of rotatable bonds is 7. The molecule has 0 aliphatic heterocycles. The number of nitro benzene ring substituents is 1. The summed E-state index contributed by atoms with van der Waals surface area (Å²) < 4.78 is 0. The Morgan fingerprint density at radius 2 is 2.04 bits per heavy atom. The lowest BCUT2D eigenvalue weighted by Crippen LogP contribution is -2.13. The number of carbonyl (C=O) groups is 2. The second-order valence-corrected chi connectivity index (χ2v) is 6.20. The van der Waals surface area contributed by atoms with Gasteiger partial charge in [-0.2, -0.15) is 0 Å². The van der Waals surface area contributed by atoms with Gasteiger partial charge in [-0.1, -0.05) is 0 Å². The first-order valence-electron chi connectivity index (χ1n) is 6.32. The zero-order valence-corrected chi connectivity index (χ0v) is 13.4. The summed E-state index contributed by atoms with van der Waals surface area (Å²) in [5.74, 6) is -0.0583. The van der Waals surface area contributed by atoms with Crippen LogP contribution in [0, 0.1) is 10.1 Å². The van der Waals surface area contributed by atoms with Gasteiger partial charge in [0.15, 0.2) is 5.13 Å². The van der Waals surface area contributed by atoms with Gasteiger partial charge in [0, 0.05) is 28.8 Å². The molecule has 2 rings (SSSR count). The SMILES string of the molecule is NC(=O)CSCc1csc(NC(=O)c2ccc([N+](=O)[O-])cc2)n1. The third kappa shape index (κ3) is 5.04. The molecule has 0 saturated carbocycles. The highest BCUT2D eigenvalue weighted by Gasteiger charge is 2.11. The van der Waals surface area contributed by atoms with Gasteiger partial charge in [-0.3, -0.25) is 25.0 Å². The number of thioether (sulfide) groups is 1. The van der Waals surface area contributed by atoms with Crippen LogP contribution in [0.3, 0.4) is 0 Å². The molecule has 1 aromatic carbocycles. The Hall–Kier alpha value is -2.46. The molecule has 0 aliphatic carbocycles. The summed E-state index contributed by atoms with van der Waals surface area (Å²) >= 11 is 2.60. The molecule has 0 spiro atoms. The predicted octanol–water partition coefficient (Wildman–Crippen LogP) is 2.02. The molecule has 2 aromatic rings. The molecule has 1 heterocycles. The fourth-order valence-electron chi connectivity index (χ4n) is 1.59. The second-order valence-electron chi connectivity index (χ2n) is 4.36. The van der Waals surface area contributed by atoms with Crippen molar-refractivity contribution in [2.75, 3.05) is 11.1 Å². The maximum Gasteiger partial charge on any atom is 0.269 e. The standard InChI is InChI=1S/C13H12N4O4S2/c14-11(18)7-22-5-9-6-23-13(15-9)16-12(19)8-1-3-10(4-2-8)17(20)21/h1-4,6H,5,7H2,(H2,14,18)(H,15,16,19). The molecule has 10 heteroatoms. The maximum atomic E-state index is 12.0. The van der Waals surface area contributed by atoms with E-state index in [-0.39, 0.29) is 11.4 Å². The summed E-state index contributed by atoms with van der Waals surface area (Å²) in [6, 6.07) is 5.29. The van der Waals surface area contributed by atoms with Crippen LogP contribution in [0.4, 0.5) is 10.8 Å². The molecule has 0 atom stereocenters. The monoisotopic (exact) mass is 352 g/mol. The van der Waals surface area contributed by atoms with E-state index < -0.39 is 16.7 Å². The highest BCUT2D eigenvalue weighted by molar-refractivity contribution is 7.99. The number of nitrogens with one attached hydrogen (secondary N) is 1. The van der Waals surface area contributed by atoms with Crippen LogP contribution in [0.1, 0.15) is 16.1 Å². The molecule has 8 nitrogen and oxygen atoms in total.